The fourth-order valence-corrected chi connectivity index (χ4v) is 4.54. The second kappa shape index (κ2) is 14.5. The summed E-state index contributed by atoms with van der Waals surface area (Å²) in [4.78, 5) is 39.5. The van der Waals surface area contributed by atoms with Crippen molar-refractivity contribution >= 4 is 17.7 Å². The zero-order valence-electron chi connectivity index (χ0n) is 22.1. The summed E-state index contributed by atoms with van der Waals surface area (Å²) in [6, 6.07) is 6.94. The lowest BCUT2D eigenvalue weighted by Gasteiger charge is -2.24. The Kier molecular flexibility index (Phi) is 11.1. The molecule has 0 spiro atoms. The van der Waals surface area contributed by atoms with Gasteiger partial charge in [-0.3, -0.25) is 14.4 Å². The highest BCUT2D eigenvalue weighted by Gasteiger charge is 2.29. The summed E-state index contributed by atoms with van der Waals surface area (Å²) in [7, 11) is 0. The smallest absolute Gasteiger partial charge is 0.243 e. The van der Waals surface area contributed by atoms with Gasteiger partial charge in [0.2, 0.25) is 17.7 Å². The molecule has 11 N–H and O–H groups in total. The predicted molar refractivity (Wildman–Crippen MR) is 149 cm³/mol. The average Bonchev–Trinajstić information content (AvgIpc) is 2.92. The zero-order chi connectivity index (χ0) is 28.4. The molecular formula is C28H40N6O5. The minimum absolute atomic E-state index is 0.00839. The van der Waals surface area contributed by atoms with Gasteiger partial charge in [0, 0.05) is 19.4 Å². The first-order chi connectivity index (χ1) is 18.7. The van der Waals surface area contributed by atoms with E-state index >= 15 is 0 Å². The molecule has 212 valence electrons. The standard InChI is InChI=1S/C28H40N6O5/c29-10-2-1-3-12-32-27(38)23-16-20-14-18(7-9-25(20)36)17-6-8-24(35)19(13-17)15-21(31)26(37)33-22(5-4-11-30)28(39)34-23/h6-9,13-14,21-23,35-36H,1-5,10-12,15-16,29-31H2,(H,32,38)(H,33,37)(H,34,39)/t21-,22+,23+/m0/s1. The molecule has 1 heterocycles. The Morgan fingerprint density at radius 2 is 1.46 bits per heavy atom. The summed E-state index contributed by atoms with van der Waals surface area (Å²) in [5, 5.41) is 29.4. The van der Waals surface area contributed by atoms with Crippen molar-refractivity contribution < 1.29 is 24.6 Å². The number of nitrogens with two attached hydrogens (primary N) is 3. The van der Waals surface area contributed by atoms with Crippen molar-refractivity contribution in [3.63, 3.8) is 0 Å². The topological polar surface area (TPSA) is 206 Å². The van der Waals surface area contributed by atoms with Gasteiger partial charge in [0.25, 0.3) is 0 Å². The number of benzene rings is 2. The molecule has 0 unspecified atom stereocenters. The van der Waals surface area contributed by atoms with Crippen molar-refractivity contribution in [2.24, 2.45) is 17.2 Å². The maximum Gasteiger partial charge on any atom is 0.243 e. The van der Waals surface area contributed by atoms with E-state index in [1.807, 2.05) is 0 Å². The molecule has 2 aromatic carbocycles. The summed E-state index contributed by atoms with van der Waals surface area (Å²) in [6.45, 7) is 1.29. The Bertz CT molecular complexity index is 1160. The number of carbonyl (C=O) groups is 3. The highest BCUT2D eigenvalue weighted by atomic mass is 16.3. The van der Waals surface area contributed by atoms with Gasteiger partial charge in [-0.1, -0.05) is 18.6 Å². The summed E-state index contributed by atoms with van der Waals surface area (Å²) in [6.07, 6.45) is 3.20. The van der Waals surface area contributed by atoms with Gasteiger partial charge in [-0.2, -0.15) is 0 Å². The van der Waals surface area contributed by atoms with Crippen LogP contribution in [-0.4, -0.2) is 65.7 Å². The first-order valence-corrected chi connectivity index (χ1v) is 13.4. The van der Waals surface area contributed by atoms with E-state index in [-0.39, 0.29) is 30.8 Å². The van der Waals surface area contributed by atoms with E-state index in [2.05, 4.69) is 16.0 Å². The number of aromatic hydroxyl groups is 2. The third-order valence-electron chi connectivity index (χ3n) is 6.84. The molecule has 1 aliphatic heterocycles. The van der Waals surface area contributed by atoms with Crippen LogP contribution in [-0.2, 0) is 27.2 Å². The molecule has 3 atom stereocenters. The van der Waals surface area contributed by atoms with Crippen molar-refractivity contribution in [3.8, 4) is 22.6 Å². The molecule has 0 radical (unpaired) electrons. The number of hydrogen-bond acceptors (Lipinski definition) is 8. The zero-order valence-corrected chi connectivity index (χ0v) is 22.1. The number of unbranched alkanes of at least 4 members (excludes halogenated alkanes) is 2. The average molecular weight is 541 g/mol. The largest absolute Gasteiger partial charge is 0.508 e. The van der Waals surface area contributed by atoms with Crippen LogP contribution in [0.15, 0.2) is 36.4 Å². The molecule has 0 saturated carbocycles. The van der Waals surface area contributed by atoms with Gasteiger partial charge in [-0.05, 0) is 85.3 Å². The molecule has 1 aliphatic rings. The van der Waals surface area contributed by atoms with Crippen LogP contribution in [0.1, 0.15) is 43.2 Å². The lowest BCUT2D eigenvalue weighted by Crippen LogP contribution is -2.56. The van der Waals surface area contributed by atoms with Crippen LogP contribution in [0.2, 0.25) is 0 Å². The highest BCUT2D eigenvalue weighted by molar-refractivity contribution is 5.93. The van der Waals surface area contributed by atoms with Gasteiger partial charge in [-0.15, -0.1) is 0 Å². The Morgan fingerprint density at radius 3 is 2.08 bits per heavy atom. The number of rotatable bonds is 9. The van der Waals surface area contributed by atoms with Gasteiger partial charge >= 0.3 is 0 Å². The summed E-state index contributed by atoms with van der Waals surface area (Å²) in [5.41, 5.74) is 19.7. The Hall–Kier alpha value is -3.67. The second-order valence-electron chi connectivity index (χ2n) is 9.90. The Morgan fingerprint density at radius 1 is 0.846 bits per heavy atom. The molecule has 0 saturated heterocycles. The summed E-state index contributed by atoms with van der Waals surface area (Å²) >= 11 is 0. The number of phenols is 2. The maximum atomic E-state index is 13.4. The monoisotopic (exact) mass is 540 g/mol. The van der Waals surface area contributed by atoms with E-state index in [1.165, 1.54) is 12.1 Å². The highest BCUT2D eigenvalue weighted by Crippen LogP contribution is 2.30. The van der Waals surface area contributed by atoms with E-state index in [1.54, 1.807) is 24.3 Å². The fraction of sp³-hybridized carbons (Fsp3) is 0.464. The minimum atomic E-state index is -1.03. The lowest BCUT2D eigenvalue weighted by atomic mass is 9.95. The summed E-state index contributed by atoms with van der Waals surface area (Å²) < 4.78 is 0. The first kappa shape index (κ1) is 29.9. The van der Waals surface area contributed by atoms with Crippen molar-refractivity contribution in [1.82, 2.24) is 16.0 Å². The number of amides is 3. The van der Waals surface area contributed by atoms with Crippen LogP contribution in [0.25, 0.3) is 11.1 Å². The number of hydrogen-bond donors (Lipinski definition) is 8. The molecule has 0 fully saturated rings. The van der Waals surface area contributed by atoms with Gasteiger partial charge in [-0.25, -0.2) is 0 Å². The SMILES string of the molecule is NCCCCCNC(=O)[C@H]1Cc2cc(ccc2O)-c2ccc(O)c(c2)C[C@H](N)C(=O)N[C@H](CCCN)C(=O)N1. The van der Waals surface area contributed by atoms with Crippen LogP contribution in [0.4, 0.5) is 0 Å². The van der Waals surface area contributed by atoms with E-state index in [4.69, 9.17) is 17.2 Å². The van der Waals surface area contributed by atoms with Gasteiger partial charge in [0.1, 0.15) is 23.6 Å². The third kappa shape index (κ3) is 8.41. The maximum absolute atomic E-state index is 13.4. The molecule has 11 nitrogen and oxygen atoms in total. The molecule has 0 aromatic heterocycles. The molecule has 2 aromatic rings. The molecule has 3 rings (SSSR count). The predicted octanol–water partition coefficient (Wildman–Crippen LogP) is 0.144. The van der Waals surface area contributed by atoms with Crippen molar-refractivity contribution in [2.45, 2.75) is 63.1 Å². The number of fused-ring (bicyclic) bond motifs is 5. The van der Waals surface area contributed by atoms with Gasteiger partial charge in [0.15, 0.2) is 0 Å². The van der Waals surface area contributed by atoms with Crippen LogP contribution in [0, 0.1) is 0 Å². The van der Waals surface area contributed by atoms with Crippen molar-refractivity contribution in [1.29, 1.82) is 0 Å². The van der Waals surface area contributed by atoms with E-state index in [0.29, 0.717) is 37.2 Å². The van der Waals surface area contributed by atoms with Crippen molar-refractivity contribution in [2.75, 3.05) is 19.6 Å². The van der Waals surface area contributed by atoms with E-state index in [9.17, 15) is 24.6 Å². The number of carbonyl (C=O) groups excluding carboxylic acids is 3. The quantitative estimate of drug-likeness (QED) is 0.205. The molecule has 4 bridgehead atoms. The number of phenolic OH excluding ortho intramolecular Hbond substituents is 2. The molecule has 11 heteroatoms. The van der Waals surface area contributed by atoms with Gasteiger partial charge in [0.05, 0.1) is 6.04 Å². The Labute approximate surface area is 228 Å². The Balaban J connectivity index is 2.00. The van der Waals surface area contributed by atoms with E-state index < -0.39 is 35.8 Å². The number of nitrogens with one attached hydrogen (secondary N) is 3. The normalized spacial score (nSPS) is 19.8. The molecular weight excluding hydrogens is 500 g/mol. The first-order valence-electron chi connectivity index (χ1n) is 13.4. The molecule has 3 amide bonds. The molecule has 0 aliphatic carbocycles. The van der Waals surface area contributed by atoms with E-state index in [0.717, 1.165) is 30.4 Å². The van der Waals surface area contributed by atoms with Gasteiger partial charge < -0.3 is 43.4 Å². The lowest BCUT2D eigenvalue weighted by molar-refractivity contribution is -0.132. The summed E-state index contributed by atoms with van der Waals surface area (Å²) in [5.74, 6) is -1.55. The van der Waals surface area contributed by atoms with Crippen LogP contribution in [0.3, 0.4) is 0 Å². The van der Waals surface area contributed by atoms with Crippen LogP contribution < -0.4 is 33.2 Å². The molecule has 39 heavy (non-hydrogen) atoms. The fourth-order valence-electron chi connectivity index (χ4n) is 4.54. The second-order valence-corrected chi connectivity index (χ2v) is 9.90. The minimum Gasteiger partial charge on any atom is -0.508 e. The van der Waals surface area contributed by atoms with Crippen LogP contribution in [0.5, 0.6) is 11.5 Å². The van der Waals surface area contributed by atoms with Crippen molar-refractivity contribution in [3.05, 3.63) is 47.5 Å². The van der Waals surface area contributed by atoms with Crippen LogP contribution >= 0.6 is 0 Å². The third-order valence-corrected chi connectivity index (χ3v) is 6.84.